The van der Waals surface area contributed by atoms with Gasteiger partial charge in [-0.15, -0.1) is 24.8 Å². The summed E-state index contributed by atoms with van der Waals surface area (Å²) >= 11 is 0. The van der Waals surface area contributed by atoms with Crippen LogP contribution in [0.3, 0.4) is 0 Å². The molecule has 0 aliphatic heterocycles. The largest absolute Gasteiger partial charge is 0.361 e. The molecule has 0 unspecified atom stereocenters. The van der Waals surface area contributed by atoms with Gasteiger partial charge in [-0.25, -0.2) is 0 Å². The molecule has 0 radical (unpaired) electrons. The smallest absolute Gasteiger partial charge is 0.161 e. The molecule has 0 bridgehead atoms. The highest BCUT2D eigenvalue weighted by Crippen LogP contribution is 2.54. The van der Waals surface area contributed by atoms with E-state index in [-0.39, 0.29) is 50.2 Å². The van der Waals surface area contributed by atoms with Crippen LogP contribution in [0.1, 0.15) is 0 Å². The van der Waals surface area contributed by atoms with Crippen molar-refractivity contribution in [1.82, 2.24) is 0 Å². The van der Waals surface area contributed by atoms with Gasteiger partial charge in [0.2, 0.25) is 0 Å². The first-order valence-corrected chi connectivity index (χ1v) is 5.06. The topological polar surface area (TPSA) is 80.9 Å². The summed E-state index contributed by atoms with van der Waals surface area (Å²) < 4.78 is 0. The van der Waals surface area contributed by atoms with E-state index in [1.54, 1.807) is 0 Å². The lowest BCUT2D eigenvalue weighted by Crippen LogP contribution is -2.10. The fraction of sp³-hybridized carbons (Fsp3) is 1.00. The molecule has 4 N–H and O–H groups in total. The van der Waals surface area contributed by atoms with Crippen LogP contribution in [0.5, 0.6) is 0 Å². The quantitative estimate of drug-likeness (QED) is 0.495. The summed E-state index contributed by atoms with van der Waals surface area (Å²) in [6.45, 7) is 0. The average molecular weight is 228 g/mol. The van der Waals surface area contributed by atoms with Crippen molar-refractivity contribution < 1.29 is 20.4 Å². The van der Waals surface area contributed by atoms with Crippen molar-refractivity contribution in [2.24, 2.45) is 0 Å². The molecule has 4 nitrogen and oxygen atoms in total. The van der Waals surface area contributed by atoms with Gasteiger partial charge < -0.3 is 20.4 Å². The zero-order valence-corrected chi connectivity index (χ0v) is 8.41. The molecule has 7 heteroatoms. The number of aliphatic hydroxyl groups is 4. The predicted octanol–water partition coefficient (Wildman–Crippen LogP) is -0.353. The van der Waals surface area contributed by atoms with Gasteiger partial charge in [0.15, 0.2) is 25.4 Å². The second kappa shape index (κ2) is 8.94. The molecule has 0 amide bonds. The first-order chi connectivity index (χ1) is 4.24. The Labute approximate surface area is 78.4 Å². The SMILES string of the molecule is Cl.Cl.OC[P+](CO)(CO)CO. The summed E-state index contributed by atoms with van der Waals surface area (Å²) in [6, 6.07) is 0. The zero-order chi connectivity index (χ0) is 7.33. The van der Waals surface area contributed by atoms with E-state index in [2.05, 4.69) is 0 Å². The van der Waals surface area contributed by atoms with E-state index in [4.69, 9.17) is 20.4 Å². The first kappa shape index (κ1) is 17.8. The minimum Gasteiger partial charge on any atom is -0.361 e. The van der Waals surface area contributed by atoms with Crippen molar-refractivity contribution >= 4 is 32.1 Å². The van der Waals surface area contributed by atoms with Gasteiger partial charge in [-0.05, 0) is 0 Å². The molecule has 72 valence electrons. The van der Waals surface area contributed by atoms with Gasteiger partial charge in [0.25, 0.3) is 0 Å². The minimum absolute atomic E-state index is 0. The third-order valence-electron chi connectivity index (χ3n) is 1.20. The highest BCUT2D eigenvalue weighted by Gasteiger charge is 2.34. The van der Waals surface area contributed by atoms with Gasteiger partial charge in [0, 0.05) is 0 Å². The molecule has 0 aliphatic carbocycles. The zero-order valence-electron chi connectivity index (χ0n) is 5.88. The van der Waals surface area contributed by atoms with Crippen LogP contribution in [0, 0.1) is 0 Å². The number of hydrogen-bond donors (Lipinski definition) is 4. The number of hydrogen-bond acceptors (Lipinski definition) is 4. The summed E-state index contributed by atoms with van der Waals surface area (Å²) in [5.41, 5.74) is 0. The molecule has 0 saturated heterocycles. The summed E-state index contributed by atoms with van der Waals surface area (Å²) in [5, 5.41) is 34.2. The minimum atomic E-state index is -2.20. The van der Waals surface area contributed by atoms with Crippen LogP contribution in [0.15, 0.2) is 0 Å². The van der Waals surface area contributed by atoms with Crippen LogP contribution in [-0.4, -0.2) is 45.8 Å². The molecule has 0 atom stereocenters. The molecular formula is C4H14Cl2O4P+. The van der Waals surface area contributed by atoms with Crippen molar-refractivity contribution in [2.75, 3.05) is 25.4 Å². The lowest BCUT2D eigenvalue weighted by Gasteiger charge is -2.15. The standard InChI is InChI=1S/C4H12O4P.2ClH/c5-1-9(2-6,3-7)4-8;;/h5-8H,1-4H2;2*1H/q+1;;. The molecule has 0 rings (SSSR count). The maximum atomic E-state index is 8.55. The number of rotatable bonds is 4. The van der Waals surface area contributed by atoms with Gasteiger partial charge in [-0.3, -0.25) is 0 Å². The Kier molecular flexibility index (Phi) is 14.5. The maximum Gasteiger partial charge on any atom is 0.161 e. The Hall–Kier alpha value is 0.850. The molecule has 0 spiro atoms. The number of halogens is 2. The van der Waals surface area contributed by atoms with Crippen molar-refractivity contribution in [3.05, 3.63) is 0 Å². The van der Waals surface area contributed by atoms with Crippen molar-refractivity contribution in [1.29, 1.82) is 0 Å². The van der Waals surface area contributed by atoms with Gasteiger partial charge in [0.1, 0.15) is 7.26 Å². The molecular weight excluding hydrogens is 214 g/mol. The molecule has 0 aromatic carbocycles. The Morgan fingerprint density at radius 1 is 0.636 bits per heavy atom. The predicted molar refractivity (Wildman–Crippen MR) is 49.8 cm³/mol. The van der Waals surface area contributed by atoms with Crippen LogP contribution in [0.2, 0.25) is 0 Å². The van der Waals surface area contributed by atoms with E-state index in [1.165, 1.54) is 0 Å². The lowest BCUT2D eigenvalue weighted by molar-refractivity contribution is 0.288. The summed E-state index contributed by atoms with van der Waals surface area (Å²) in [7, 11) is -2.20. The van der Waals surface area contributed by atoms with Gasteiger partial charge >= 0.3 is 0 Å². The maximum absolute atomic E-state index is 8.55. The van der Waals surface area contributed by atoms with E-state index in [9.17, 15) is 0 Å². The van der Waals surface area contributed by atoms with Gasteiger partial charge in [-0.2, -0.15) is 0 Å². The Balaban J connectivity index is -0.000000320. The molecule has 0 aliphatic rings. The lowest BCUT2D eigenvalue weighted by atomic mass is 11.6. The Bertz CT molecular complexity index is 63.0. The van der Waals surface area contributed by atoms with Gasteiger partial charge in [-0.1, -0.05) is 0 Å². The second-order valence-corrected chi connectivity index (χ2v) is 5.72. The first-order valence-electron chi connectivity index (χ1n) is 2.53. The number of aliphatic hydroxyl groups excluding tert-OH is 4. The monoisotopic (exact) mass is 227 g/mol. The van der Waals surface area contributed by atoms with Crippen molar-refractivity contribution in [3.8, 4) is 0 Å². The summed E-state index contributed by atoms with van der Waals surface area (Å²) in [5.74, 6) is 0. The third-order valence-corrected chi connectivity index (χ3v) is 3.60. The molecule has 0 saturated carbocycles. The molecule has 11 heavy (non-hydrogen) atoms. The fourth-order valence-electron chi connectivity index (χ4n) is 0.268. The van der Waals surface area contributed by atoms with E-state index >= 15 is 0 Å². The van der Waals surface area contributed by atoms with Crippen LogP contribution in [0.4, 0.5) is 0 Å². The fourth-order valence-corrected chi connectivity index (χ4v) is 0.805. The van der Waals surface area contributed by atoms with Crippen LogP contribution < -0.4 is 0 Å². The highest BCUT2D eigenvalue weighted by molar-refractivity contribution is 7.75. The van der Waals surface area contributed by atoms with E-state index in [1.807, 2.05) is 0 Å². The van der Waals surface area contributed by atoms with Crippen LogP contribution >= 0.6 is 32.1 Å². The van der Waals surface area contributed by atoms with E-state index in [0.717, 1.165) is 0 Å². The molecule has 0 fully saturated rings. The summed E-state index contributed by atoms with van der Waals surface area (Å²) in [4.78, 5) is 0. The average Bonchev–Trinajstić information content (AvgIpc) is 1.95. The van der Waals surface area contributed by atoms with Crippen LogP contribution in [-0.2, 0) is 0 Å². The molecule has 0 heterocycles. The van der Waals surface area contributed by atoms with E-state index < -0.39 is 7.26 Å². The Morgan fingerprint density at radius 2 is 0.818 bits per heavy atom. The second-order valence-electron chi connectivity index (χ2n) is 1.91. The van der Waals surface area contributed by atoms with Gasteiger partial charge in [0.05, 0.1) is 0 Å². The molecule has 0 aromatic heterocycles. The highest BCUT2D eigenvalue weighted by atomic mass is 35.5. The normalized spacial score (nSPS) is 9.82. The summed E-state index contributed by atoms with van der Waals surface area (Å²) in [6.07, 6.45) is -1.18. The van der Waals surface area contributed by atoms with Crippen molar-refractivity contribution in [2.45, 2.75) is 0 Å². The van der Waals surface area contributed by atoms with E-state index in [0.29, 0.717) is 0 Å². The third kappa shape index (κ3) is 5.15. The van der Waals surface area contributed by atoms with Crippen molar-refractivity contribution in [3.63, 3.8) is 0 Å². The Morgan fingerprint density at radius 3 is 0.818 bits per heavy atom. The van der Waals surface area contributed by atoms with Crippen LogP contribution in [0.25, 0.3) is 0 Å². The molecule has 0 aromatic rings.